The van der Waals surface area contributed by atoms with Crippen molar-refractivity contribution in [1.29, 1.82) is 0 Å². The Bertz CT molecular complexity index is 521. The fourth-order valence-electron chi connectivity index (χ4n) is 4.37. The number of hydrogen-bond acceptors (Lipinski definition) is 1. The highest BCUT2D eigenvalue weighted by atomic mass is 16.5. The lowest BCUT2D eigenvalue weighted by atomic mass is 10.0. The molecule has 0 heterocycles. The lowest BCUT2D eigenvalue weighted by molar-refractivity contribution is 0.206. The van der Waals surface area contributed by atoms with E-state index in [0.29, 0.717) is 0 Å². The second-order valence-electron chi connectivity index (χ2n) is 9.47. The van der Waals surface area contributed by atoms with Gasteiger partial charge >= 0.3 is 0 Å². The van der Waals surface area contributed by atoms with Gasteiger partial charge in [0.15, 0.2) is 0 Å². The van der Waals surface area contributed by atoms with Crippen molar-refractivity contribution in [2.24, 2.45) is 0 Å². The molecule has 178 valence electrons. The smallest absolute Gasteiger partial charge is 0.126 e. The van der Waals surface area contributed by atoms with Crippen LogP contribution in [0.1, 0.15) is 141 Å². The first-order valence-corrected chi connectivity index (χ1v) is 13.7. The van der Waals surface area contributed by atoms with Crippen LogP contribution in [0.5, 0.6) is 5.75 Å². The summed E-state index contributed by atoms with van der Waals surface area (Å²) in [5.41, 5.74) is 1.09. The van der Waals surface area contributed by atoms with Crippen LogP contribution in [0.3, 0.4) is 0 Å². The maximum absolute atomic E-state index is 6.10. The van der Waals surface area contributed by atoms with E-state index in [0.717, 1.165) is 17.7 Å². The molecule has 0 aliphatic carbocycles. The zero-order chi connectivity index (χ0) is 22.4. The zero-order valence-electron chi connectivity index (χ0n) is 21.0. The van der Waals surface area contributed by atoms with Gasteiger partial charge in [0.05, 0.1) is 6.10 Å². The molecule has 0 aliphatic rings. The molecule has 1 atom stereocenters. The molecular formula is C30H52O. The Morgan fingerprint density at radius 2 is 1.10 bits per heavy atom. The van der Waals surface area contributed by atoms with Gasteiger partial charge in [0.1, 0.15) is 5.75 Å². The molecule has 0 saturated carbocycles. The van der Waals surface area contributed by atoms with Gasteiger partial charge in [-0.1, -0.05) is 147 Å². The van der Waals surface area contributed by atoms with Gasteiger partial charge in [-0.05, 0) is 25.8 Å². The van der Waals surface area contributed by atoms with Crippen molar-refractivity contribution in [1.82, 2.24) is 0 Å². The van der Waals surface area contributed by atoms with E-state index in [4.69, 9.17) is 4.74 Å². The van der Waals surface area contributed by atoms with Gasteiger partial charge in [0, 0.05) is 5.56 Å². The summed E-state index contributed by atoms with van der Waals surface area (Å²) in [5.74, 6) is 0.965. The predicted octanol–water partition coefficient (Wildman–Crippen LogP) is 10.5. The molecule has 0 aliphatic heterocycles. The normalized spacial score (nSPS) is 12.1. The van der Waals surface area contributed by atoms with Gasteiger partial charge in [0.2, 0.25) is 0 Å². The van der Waals surface area contributed by atoms with Crippen molar-refractivity contribution in [2.45, 2.75) is 142 Å². The predicted molar refractivity (Wildman–Crippen MR) is 140 cm³/mol. The van der Waals surface area contributed by atoms with Crippen LogP contribution < -0.4 is 4.74 Å². The number of benzene rings is 1. The van der Waals surface area contributed by atoms with E-state index in [2.05, 4.69) is 26.5 Å². The minimum absolute atomic E-state index is 0.280. The molecule has 0 N–H and O–H groups in total. The van der Waals surface area contributed by atoms with Crippen molar-refractivity contribution in [3.05, 3.63) is 36.4 Å². The number of ether oxygens (including phenoxy) is 1. The molecule has 0 fully saturated rings. The van der Waals surface area contributed by atoms with E-state index in [9.17, 15) is 0 Å². The lowest BCUT2D eigenvalue weighted by Crippen LogP contribution is -2.12. The summed E-state index contributed by atoms with van der Waals surface area (Å²) in [5, 5.41) is 0. The summed E-state index contributed by atoms with van der Waals surface area (Å²) < 4.78 is 6.10. The standard InChI is InChI=1S/C30H52O/c1-4-6-7-8-9-10-11-12-13-14-15-16-17-18-19-20-21-22-25-28(3)31-30-27-24-23-26-29(30)5-2/h5,23-24,26-28H,2,4,6-22,25H2,1,3H3. The quantitative estimate of drug-likeness (QED) is 0.167. The highest BCUT2D eigenvalue weighted by Crippen LogP contribution is 2.22. The molecule has 0 radical (unpaired) electrons. The Kier molecular flexibility index (Phi) is 18.5. The molecule has 1 unspecified atom stereocenters. The van der Waals surface area contributed by atoms with Crippen LogP contribution in [-0.2, 0) is 0 Å². The van der Waals surface area contributed by atoms with Crippen LogP contribution in [0.4, 0.5) is 0 Å². The van der Waals surface area contributed by atoms with E-state index in [-0.39, 0.29) is 6.10 Å². The third kappa shape index (κ3) is 16.1. The Morgan fingerprint density at radius 3 is 1.55 bits per heavy atom. The largest absolute Gasteiger partial charge is 0.490 e. The maximum Gasteiger partial charge on any atom is 0.126 e. The van der Waals surface area contributed by atoms with E-state index >= 15 is 0 Å². The van der Waals surface area contributed by atoms with Gasteiger partial charge in [-0.15, -0.1) is 0 Å². The third-order valence-corrected chi connectivity index (χ3v) is 6.43. The first-order valence-electron chi connectivity index (χ1n) is 13.7. The average Bonchev–Trinajstić information content (AvgIpc) is 2.78. The van der Waals surface area contributed by atoms with Crippen LogP contribution in [0.2, 0.25) is 0 Å². The van der Waals surface area contributed by atoms with Gasteiger partial charge in [-0.25, -0.2) is 0 Å². The number of unbranched alkanes of at least 4 members (excludes halogenated alkanes) is 17. The Hall–Kier alpha value is -1.24. The van der Waals surface area contributed by atoms with Crippen molar-refractivity contribution in [3.63, 3.8) is 0 Å². The first-order chi connectivity index (χ1) is 15.3. The van der Waals surface area contributed by atoms with Crippen LogP contribution in [0.25, 0.3) is 6.08 Å². The summed E-state index contributed by atoms with van der Waals surface area (Å²) in [7, 11) is 0. The fraction of sp³-hybridized carbons (Fsp3) is 0.733. The highest BCUT2D eigenvalue weighted by molar-refractivity contribution is 5.55. The zero-order valence-corrected chi connectivity index (χ0v) is 21.0. The lowest BCUT2D eigenvalue weighted by Gasteiger charge is -2.16. The van der Waals surface area contributed by atoms with Crippen LogP contribution in [0, 0.1) is 0 Å². The van der Waals surface area contributed by atoms with Gasteiger partial charge in [-0.2, -0.15) is 0 Å². The summed E-state index contributed by atoms with van der Waals surface area (Å²) in [6.45, 7) is 8.36. The Morgan fingerprint density at radius 1 is 0.677 bits per heavy atom. The van der Waals surface area contributed by atoms with E-state index in [1.54, 1.807) is 0 Å². The second kappa shape index (κ2) is 20.7. The van der Waals surface area contributed by atoms with Crippen molar-refractivity contribution in [3.8, 4) is 5.75 Å². The maximum atomic E-state index is 6.10. The first kappa shape index (κ1) is 27.8. The summed E-state index contributed by atoms with van der Waals surface area (Å²) in [6.07, 6.45) is 29.0. The molecule has 1 heteroatoms. The molecule has 0 amide bonds. The highest BCUT2D eigenvalue weighted by Gasteiger charge is 2.06. The molecule has 31 heavy (non-hydrogen) atoms. The van der Waals surface area contributed by atoms with Crippen LogP contribution >= 0.6 is 0 Å². The number of rotatable bonds is 22. The molecule has 0 saturated heterocycles. The van der Waals surface area contributed by atoms with E-state index in [1.807, 2.05) is 24.3 Å². The Balaban J connectivity index is 1.81. The third-order valence-electron chi connectivity index (χ3n) is 6.43. The molecular weight excluding hydrogens is 376 g/mol. The minimum atomic E-state index is 0.280. The summed E-state index contributed by atoms with van der Waals surface area (Å²) in [4.78, 5) is 0. The molecule has 0 bridgehead atoms. The summed E-state index contributed by atoms with van der Waals surface area (Å²) in [6, 6.07) is 8.17. The molecule has 0 spiro atoms. The van der Waals surface area contributed by atoms with Crippen molar-refractivity contribution in [2.75, 3.05) is 0 Å². The fourth-order valence-corrected chi connectivity index (χ4v) is 4.37. The van der Waals surface area contributed by atoms with Crippen LogP contribution in [0.15, 0.2) is 30.8 Å². The number of para-hydroxylation sites is 1. The topological polar surface area (TPSA) is 9.23 Å². The molecule has 1 nitrogen and oxygen atoms in total. The molecule has 1 rings (SSSR count). The summed E-state index contributed by atoms with van der Waals surface area (Å²) >= 11 is 0. The monoisotopic (exact) mass is 428 g/mol. The van der Waals surface area contributed by atoms with Gasteiger partial charge in [-0.3, -0.25) is 0 Å². The van der Waals surface area contributed by atoms with E-state index in [1.165, 1.54) is 116 Å². The van der Waals surface area contributed by atoms with Crippen LogP contribution in [-0.4, -0.2) is 6.10 Å². The van der Waals surface area contributed by atoms with E-state index < -0.39 is 0 Å². The second-order valence-corrected chi connectivity index (χ2v) is 9.47. The molecule has 1 aromatic rings. The van der Waals surface area contributed by atoms with Gasteiger partial charge in [0.25, 0.3) is 0 Å². The minimum Gasteiger partial charge on any atom is -0.490 e. The number of hydrogen-bond donors (Lipinski definition) is 0. The van der Waals surface area contributed by atoms with Gasteiger partial charge < -0.3 is 4.74 Å². The SMILES string of the molecule is C=Cc1ccccc1OC(C)CCCCCCCCCCCCCCCCCCCC. The Labute approximate surface area is 195 Å². The van der Waals surface area contributed by atoms with Crippen molar-refractivity contribution < 1.29 is 4.74 Å². The average molecular weight is 429 g/mol. The van der Waals surface area contributed by atoms with Crippen molar-refractivity contribution >= 4 is 6.08 Å². The molecule has 1 aromatic carbocycles. The molecule has 0 aromatic heterocycles.